The Morgan fingerprint density at radius 2 is 2.04 bits per heavy atom. The molecule has 1 heterocycles. The predicted octanol–water partition coefficient (Wildman–Crippen LogP) is 2.36. The molecule has 0 bridgehead atoms. The van der Waals surface area contributed by atoms with Crippen LogP contribution in [0.2, 0.25) is 0 Å². The van der Waals surface area contributed by atoms with Crippen molar-refractivity contribution >= 4 is 5.91 Å². The van der Waals surface area contributed by atoms with Crippen LogP contribution in [0.25, 0.3) is 0 Å². The second kappa shape index (κ2) is 6.34. The van der Waals surface area contributed by atoms with Crippen LogP contribution >= 0.6 is 0 Å². The van der Waals surface area contributed by atoms with E-state index in [2.05, 4.69) is 5.32 Å². The van der Waals surface area contributed by atoms with E-state index in [0.717, 1.165) is 29.9 Å². The second-order valence-corrected chi connectivity index (χ2v) is 5.32. The van der Waals surface area contributed by atoms with E-state index in [4.69, 9.17) is 4.74 Å². The van der Waals surface area contributed by atoms with Gasteiger partial charge in [0.05, 0.1) is 12.7 Å². The highest BCUT2D eigenvalue weighted by Gasteiger charge is 2.17. The molecule has 0 aromatic heterocycles. The molecule has 2 N–H and O–H groups in total. The number of hydrogen-bond donors (Lipinski definition) is 2. The zero-order chi connectivity index (χ0) is 16.4. The Kier molecular flexibility index (Phi) is 4.25. The van der Waals surface area contributed by atoms with Crippen molar-refractivity contribution in [2.75, 3.05) is 13.2 Å². The highest BCUT2D eigenvalue weighted by molar-refractivity contribution is 5.94. The quantitative estimate of drug-likeness (QED) is 0.909. The van der Waals surface area contributed by atoms with Gasteiger partial charge in [-0.15, -0.1) is 0 Å². The first-order valence-corrected chi connectivity index (χ1v) is 7.21. The number of halogens is 2. The summed E-state index contributed by atoms with van der Waals surface area (Å²) >= 11 is 0. The van der Waals surface area contributed by atoms with Crippen molar-refractivity contribution in [3.63, 3.8) is 0 Å². The molecule has 0 spiro atoms. The number of aliphatic hydroxyl groups excluding tert-OH is 1. The first-order chi connectivity index (χ1) is 11.0. The van der Waals surface area contributed by atoms with Crippen molar-refractivity contribution in [2.24, 2.45) is 0 Å². The van der Waals surface area contributed by atoms with Crippen LogP contribution in [-0.2, 0) is 6.42 Å². The maximum absolute atomic E-state index is 13.1. The van der Waals surface area contributed by atoms with Gasteiger partial charge >= 0.3 is 0 Å². The average Bonchev–Trinajstić information content (AvgIpc) is 3.02. The maximum atomic E-state index is 13.1. The van der Waals surface area contributed by atoms with Gasteiger partial charge in [-0.1, -0.05) is 6.07 Å². The van der Waals surface area contributed by atoms with Crippen molar-refractivity contribution < 1.29 is 23.4 Å². The summed E-state index contributed by atoms with van der Waals surface area (Å²) in [6, 6.07) is 8.27. The van der Waals surface area contributed by atoms with Gasteiger partial charge in [-0.2, -0.15) is 0 Å². The molecule has 0 saturated carbocycles. The van der Waals surface area contributed by atoms with Crippen LogP contribution in [0.1, 0.15) is 27.6 Å². The topological polar surface area (TPSA) is 58.6 Å². The summed E-state index contributed by atoms with van der Waals surface area (Å²) in [5.41, 5.74) is 1.69. The molecule has 1 aliphatic heterocycles. The zero-order valence-electron chi connectivity index (χ0n) is 12.2. The first-order valence-electron chi connectivity index (χ1n) is 7.21. The van der Waals surface area contributed by atoms with Crippen LogP contribution in [0, 0.1) is 11.6 Å². The number of carbonyl (C=O) groups is 1. The maximum Gasteiger partial charge on any atom is 0.251 e. The molecule has 0 unspecified atom stereocenters. The van der Waals surface area contributed by atoms with Crippen LogP contribution < -0.4 is 10.1 Å². The van der Waals surface area contributed by atoms with Crippen molar-refractivity contribution in [3.8, 4) is 5.75 Å². The van der Waals surface area contributed by atoms with Crippen molar-refractivity contribution in [1.82, 2.24) is 5.32 Å². The van der Waals surface area contributed by atoms with E-state index in [1.165, 1.54) is 6.07 Å². The molecule has 0 radical (unpaired) electrons. The van der Waals surface area contributed by atoms with E-state index in [-0.39, 0.29) is 12.1 Å². The van der Waals surface area contributed by atoms with E-state index in [9.17, 15) is 18.7 Å². The van der Waals surface area contributed by atoms with Gasteiger partial charge in [0.25, 0.3) is 5.91 Å². The minimum Gasteiger partial charge on any atom is -0.493 e. The lowest BCUT2D eigenvalue weighted by atomic mass is 10.0. The summed E-state index contributed by atoms with van der Waals surface area (Å²) in [5.74, 6) is -1.86. The van der Waals surface area contributed by atoms with Crippen LogP contribution in [0.5, 0.6) is 5.75 Å². The molecule has 0 saturated heterocycles. The largest absolute Gasteiger partial charge is 0.493 e. The van der Waals surface area contributed by atoms with Gasteiger partial charge in [-0.3, -0.25) is 4.79 Å². The normalized spacial score (nSPS) is 14.0. The van der Waals surface area contributed by atoms with Gasteiger partial charge < -0.3 is 15.2 Å². The predicted molar refractivity (Wildman–Crippen MR) is 79.3 cm³/mol. The third-order valence-corrected chi connectivity index (χ3v) is 3.74. The van der Waals surface area contributed by atoms with Gasteiger partial charge in [0.2, 0.25) is 0 Å². The molecular weight excluding hydrogens is 304 g/mol. The molecule has 2 aromatic carbocycles. The summed E-state index contributed by atoms with van der Waals surface area (Å²) in [6.07, 6.45) is -0.105. The summed E-state index contributed by atoms with van der Waals surface area (Å²) < 4.78 is 31.4. The Bertz CT molecular complexity index is 749. The van der Waals surface area contributed by atoms with E-state index >= 15 is 0 Å². The highest BCUT2D eigenvalue weighted by atomic mass is 19.2. The van der Waals surface area contributed by atoms with Crippen LogP contribution in [0.4, 0.5) is 8.78 Å². The Morgan fingerprint density at radius 3 is 2.83 bits per heavy atom. The highest BCUT2D eigenvalue weighted by Crippen LogP contribution is 2.28. The summed E-state index contributed by atoms with van der Waals surface area (Å²) in [4.78, 5) is 11.9. The summed E-state index contributed by atoms with van der Waals surface area (Å²) in [5, 5.41) is 12.7. The van der Waals surface area contributed by atoms with Gasteiger partial charge in [0.15, 0.2) is 11.6 Å². The minimum absolute atomic E-state index is 0.00143. The SMILES string of the molecule is O=C(NC[C@@H](O)c1ccc2c(c1)CCO2)c1ccc(F)c(F)c1. The zero-order valence-corrected chi connectivity index (χ0v) is 12.2. The third kappa shape index (κ3) is 3.32. The fraction of sp³-hybridized carbons (Fsp3) is 0.235. The molecule has 1 aliphatic rings. The summed E-state index contributed by atoms with van der Waals surface area (Å²) in [6.45, 7) is 0.596. The number of benzene rings is 2. The molecule has 23 heavy (non-hydrogen) atoms. The Morgan fingerprint density at radius 1 is 1.22 bits per heavy atom. The smallest absolute Gasteiger partial charge is 0.251 e. The van der Waals surface area contributed by atoms with Crippen molar-refractivity contribution in [3.05, 3.63) is 64.7 Å². The molecule has 0 aliphatic carbocycles. The van der Waals surface area contributed by atoms with Crippen LogP contribution in [-0.4, -0.2) is 24.2 Å². The van der Waals surface area contributed by atoms with E-state index in [1.807, 2.05) is 6.07 Å². The fourth-order valence-electron chi connectivity index (χ4n) is 2.46. The van der Waals surface area contributed by atoms with Crippen LogP contribution in [0.15, 0.2) is 36.4 Å². The van der Waals surface area contributed by atoms with Gasteiger partial charge in [-0.05, 0) is 41.5 Å². The standard InChI is InChI=1S/C17H15F2NO3/c18-13-3-1-12(8-14(13)19)17(22)20-9-15(21)10-2-4-16-11(7-10)5-6-23-16/h1-4,7-8,15,21H,5-6,9H2,(H,20,22)/t15-/m1/s1. The molecule has 2 aromatic rings. The number of amides is 1. The van der Waals surface area contributed by atoms with E-state index in [1.54, 1.807) is 12.1 Å². The monoisotopic (exact) mass is 319 g/mol. The second-order valence-electron chi connectivity index (χ2n) is 5.32. The Balaban J connectivity index is 1.63. The number of rotatable bonds is 4. The van der Waals surface area contributed by atoms with Crippen molar-refractivity contribution in [2.45, 2.75) is 12.5 Å². The van der Waals surface area contributed by atoms with Crippen molar-refractivity contribution in [1.29, 1.82) is 0 Å². The molecule has 1 atom stereocenters. The lowest BCUT2D eigenvalue weighted by Crippen LogP contribution is -2.28. The molecule has 120 valence electrons. The van der Waals surface area contributed by atoms with Gasteiger partial charge in [-0.25, -0.2) is 8.78 Å². The Labute approximate surface area is 131 Å². The molecule has 0 fully saturated rings. The number of nitrogens with one attached hydrogen (secondary N) is 1. The number of carbonyl (C=O) groups excluding carboxylic acids is 1. The first kappa shape index (κ1) is 15.4. The average molecular weight is 319 g/mol. The molecule has 6 heteroatoms. The van der Waals surface area contributed by atoms with Gasteiger partial charge in [0.1, 0.15) is 5.75 Å². The Hall–Kier alpha value is -2.47. The number of hydrogen-bond acceptors (Lipinski definition) is 3. The number of aliphatic hydroxyl groups is 1. The lowest BCUT2D eigenvalue weighted by molar-refractivity contribution is 0.0915. The molecule has 4 nitrogen and oxygen atoms in total. The number of fused-ring (bicyclic) bond motifs is 1. The minimum atomic E-state index is -1.09. The van der Waals surface area contributed by atoms with Gasteiger partial charge in [0, 0.05) is 18.5 Å². The summed E-state index contributed by atoms with van der Waals surface area (Å²) in [7, 11) is 0. The van der Waals surface area contributed by atoms with E-state index in [0.29, 0.717) is 12.2 Å². The lowest BCUT2D eigenvalue weighted by Gasteiger charge is -2.13. The molecular formula is C17H15F2NO3. The van der Waals surface area contributed by atoms with Crippen LogP contribution in [0.3, 0.4) is 0 Å². The fourth-order valence-corrected chi connectivity index (χ4v) is 2.46. The molecule has 3 rings (SSSR count). The van der Waals surface area contributed by atoms with E-state index < -0.39 is 23.6 Å². The molecule has 1 amide bonds. The number of ether oxygens (including phenoxy) is 1. The third-order valence-electron chi connectivity index (χ3n) is 3.74.